The molecule has 0 fully saturated rings. The van der Waals surface area contributed by atoms with Crippen molar-refractivity contribution in [1.82, 2.24) is 9.71 Å². The Morgan fingerprint density at radius 1 is 0.964 bits per heavy atom. The predicted octanol–water partition coefficient (Wildman–Crippen LogP) is 4.79. The van der Waals surface area contributed by atoms with E-state index in [1.54, 1.807) is 23.5 Å². The second kappa shape index (κ2) is 7.83. The monoisotopic (exact) mass is 408 g/mol. The van der Waals surface area contributed by atoms with Crippen molar-refractivity contribution in [2.24, 2.45) is 0 Å². The zero-order valence-electron chi connectivity index (χ0n) is 15.4. The van der Waals surface area contributed by atoms with Crippen molar-refractivity contribution in [1.29, 1.82) is 0 Å². The van der Waals surface area contributed by atoms with E-state index < -0.39 is 10.0 Å². The highest BCUT2D eigenvalue weighted by atomic mass is 32.2. The Morgan fingerprint density at radius 2 is 1.79 bits per heavy atom. The van der Waals surface area contributed by atoms with E-state index in [0.717, 1.165) is 27.0 Å². The summed E-state index contributed by atoms with van der Waals surface area (Å²) in [4.78, 5) is 4.92. The van der Waals surface area contributed by atoms with Crippen molar-refractivity contribution in [2.75, 3.05) is 6.54 Å². The summed E-state index contributed by atoms with van der Waals surface area (Å²) in [7, 11) is -3.55. The van der Waals surface area contributed by atoms with Crippen LogP contribution < -0.4 is 4.72 Å². The fourth-order valence-electron chi connectivity index (χ4n) is 3.06. The summed E-state index contributed by atoms with van der Waals surface area (Å²) >= 11 is 1.58. The fraction of sp³-hybridized carbons (Fsp3) is 0.136. The summed E-state index contributed by atoms with van der Waals surface area (Å²) in [6.07, 6.45) is 0.551. The van der Waals surface area contributed by atoms with E-state index in [1.807, 2.05) is 47.8 Å². The number of hydrogen-bond donors (Lipinski definition) is 1. The molecule has 3 aromatic carbocycles. The first kappa shape index (κ1) is 18.8. The summed E-state index contributed by atoms with van der Waals surface area (Å²) < 4.78 is 27.9. The summed E-state index contributed by atoms with van der Waals surface area (Å²) in [5.74, 6) is 0. The Bertz CT molecular complexity index is 1230. The zero-order chi connectivity index (χ0) is 19.6. The molecule has 4 aromatic rings. The summed E-state index contributed by atoms with van der Waals surface area (Å²) in [5, 5.41) is 4.87. The van der Waals surface area contributed by atoms with Crippen LogP contribution in [0, 0.1) is 6.92 Å². The molecule has 0 amide bonds. The SMILES string of the molecule is Cc1cccc(-c2nc(CCNS(=O)(=O)c3ccc4ccccc4c3)cs2)c1. The maximum atomic E-state index is 12.6. The van der Waals surface area contributed by atoms with Gasteiger partial charge in [0.05, 0.1) is 10.6 Å². The van der Waals surface area contributed by atoms with Gasteiger partial charge in [-0.1, -0.05) is 54.1 Å². The minimum atomic E-state index is -3.55. The van der Waals surface area contributed by atoms with E-state index in [1.165, 1.54) is 5.56 Å². The Balaban J connectivity index is 1.43. The zero-order valence-corrected chi connectivity index (χ0v) is 17.1. The van der Waals surface area contributed by atoms with Crippen LogP contribution in [0.3, 0.4) is 0 Å². The third kappa shape index (κ3) is 4.14. The van der Waals surface area contributed by atoms with Crippen LogP contribution in [0.25, 0.3) is 21.3 Å². The summed E-state index contributed by atoms with van der Waals surface area (Å²) in [6, 6.07) is 21.1. The van der Waals surface area contributed by atoms with Gasteiger partial charge in [-0.2, -0.15) is 0 Å². The highest BCUT2D eigenvalue weighted by Gasteiger charge is 2.14. The average molecular weight is 409 g/mol. The molecule has 0 aliphatic rings. The van der Waals surface area contributed by atoms with Crippen LogP contribution >= 0.6 is 11.3 Å². The molecular formula is C22H20N2O2S2. The third-order valence-corrected chi connectivity index (χ3v) is 6.92. The van der Waals surface area contributed by atoms with Gasteiger partial charge in [0, 0.05) is 23.9 Å². The number of aryl methyl sites for hydroxylation is 1. The van der Waals surface area contributed by atoms with Gasteiger partial charge in [0.2, 0.25) is 10.0 Å². The van der Waals surface area contributed by atoms with Crippen LogP contribution in [0.1, 0.15) is 11.3 Å². The maximum absolute atomic E-state index is 12.6. The highest BCUT2D eigenvalue weighted by Crippen LogP contribution is 2.24. The number of aromatic nitrogens is 1. The molecule has 28 heavy (non-hydrogen) atoms. The van der Waals surface area contributed by atoms with E-state index in [-0.39, 0.29) is 4.90 Å². The van der Waals surface area contributed by atoms with E-state index in [0.29, 0.717) is 13.0 Å². The Morgan fingerprint density at radius 3 is 2.61 bits per heavy atom. The predicted molar refractivity (Wildman–Crippen MR) is 115 cm³/mol. The molecule has 1 aromatic heterocycles. The molecule has 0 spiro atoms. The van der Waals surface area contributed by atoms with Crippen LogP contribution in [0.4, 0.5) is 0 Å². The van der Waals surface area contributed by atoms with E-state index in [2.05, 4.69) is 28.8 Å². The van der Waals surface area contributed by atoms with Gasteiger partial charge < -0.3 is 0 Å². The number of benzene rings is 3. The molecule has 4 rings (SSSR count). The van der Waals surface area contributed by atoms with Crippen LogP contribution in [-0.2, 0) is 16.4 Å². The van der Waals surface area contributed by atoms with Gasteiger partial charge in [0.25, 0.3) is 0 Å². The molecule has 1 heterocycles. The average Bonchev–Trinajstić information content (AvgIpc) is 3.16. The Labute approximate surface area is 168 Å². The van der Waals surface area contributed by atoms with Gasteiger partial charge in [0.1, 0.15) is 5.01 Å². The van der Waals surface area contributed by atoms with Gasteiger partial charge in [0.15, 0.2) is 0 Å². The molecule has 1 N–H and O–H groups in total. The Hall–Kier alpha value is -2.54. The second-order valence-electron chi connectivity index (χ2n) is 6.67. The van der Waals surface area contributed by atoms with Crippen LogP contribution in [-0.4, -0.2) is 19.9 Å². The largest absolute Gasteiger partial charge is 0.241 e. The quantitative estimate of drug-likeness (QED) is 0.499. The molecule has 6 heteroatoms. The Kier molecular flexibility index (Phi) is 5.26. The van der Waals surface area contributed by atoms with Crippen molar-refractivity contribution in [2.45, 2.75) is 18.2 Å². The van der Waals surface area contributed by atoms with E-state index in [9.17, 15) is 8.42 Å². The van der Waals surface area contributed by atoms with Crippen molar-refractivity contribution < 1.29 is 8.42 Å². The summed E-state index contributed by atoms with van der Waals surface area (Å²) in [5.41, 5.74) is 3.17. The molecule has 0 aliphatic heterocycles. The standard InChI is InChI=1S/C22H20N2O2S2/c1-16-5-4-8-19(13-16)22-24-20(15-27-22)11-12-23-28(25,26)21-10-9-17-6-2-3-7-18(17)14-21/h2-10,13-15,23H,11-12H2,1H3. The van der Waals surface area contributed by atoms with Gasteiger partial charge in [-0.25, -0.2) is 18.1 Å². The topological polar surface area (TPSA) is 59.1 Å². The van der Waals surface area contributed by atoms with Gasteiger partial charge >= 0.3 is 0 Å². The lowest BCUT2D eigenvalue weighted by atomic mass is 10.1. The number of hydrogen-bond acceptors (Lipinski definition) is 4. The first-order valence-corrected chi connectivity index (χ1v) is 11.4. The number of rotatable bonds is 6. The van der Waals surface area contributed by atoms with E-state index in [4.69, 9.17) is 0 Å². The molecule has 142 valence electrons. The van der Waals surface area contributed by atoms with Crippen molar-refractivity contribution in [3.8, 4) is 10.6 Å². The van der Waals surface area contributed by atoms with Gasteiger partial charge in [-0.15, -0.1) is 11.3 Å². The van der Waals surface area contributed by atoms with Crippen LogP contribution in [0.5, 0.6) is 0 Å². The molecule has 0 bridgehead atoms. The number of nitrogens with one attached hydrogen (secondary N) is 1. The van der Waals surface area contributed by atoms with Gasteiger partial charge in [-0.05, 0) is 35.9 Å². The molecule has 4 nitrogen and oxygen atoms in total. The molecule has 0 radical (unpaired) electrons. The molecule has 0 saturated heterocycles. The second-order valence-corrected chi connectivity index (χ2v) is 9.30. The first-order chi connectivity index (χ1) is 13.5. The molecule has 0 saturated carbocycles. The van der Waals surface area contributed by atoms with Gasteiger partial charge in [-0.3, -0.25) is 0 Å². The van der Waals surface area contributed by atoms with E-state index >= 15 is 0 Å². The van der Waals surface area contributed by atoms with Crippen molar-refractivity contribution in [3.05, 3.63) is 83.4 Å². The normalized spacial score (nSPS) is 11.8. The first-order valence-electron chi connectivity index (χ1n) is 9.01. The molecule has 0 aliphatic carbocycles. The maximum Gasteiger partial charge on any atom is 0.240 e. The third-order valence-electron chi connectivity index (χ3n) is 4.52. The van der Waals surface area contributed by atoms with Crippen molar-refractivity contribution in [3.63, 3.8) is 0 Å². The van der Waals surface area contributed by atoms with Crippen molar-refractivity contribution >= 4 is 32.1 Å². The highest BCUT2D eigenvalue weighted by molar-refractivity contribution is 7.89. The molecule has 0 unspecified atom stereocenters. The smallest absolute Gasteiger partial charge is 0.240 e. The lowest BCUT2D eigenvalue weighted by Crippen LogP contribution is -2.26. The number of nitrogens with zero attached hydrogens (tertiary/aromatic N) is 1. The number of fused-ring (bicyclic) bond motifs is 1. The number of thiazole rings is 1. The lowest BCUT2D eigenvalue weighted by molar-refractivity contribution is 0.581. The summed E-state index contributed by atoms with van der Waals surface area (Å²) in [6.45, 7) is 2.37. The fourth-order valence-corrected chi connectivity index (χ4v) is 4.98. The molecule has 0 atom stereocenters. The minimum absolute atomic E-state index is 0.282. The van der Waals surface area contributed by atoms with Crippen LogP contribution in [0.15, 0.2) is 77.0 Å². The lowest BCUT2D eigenvalue weighted by Gasteiger charge is -2.07. The van der Waals surface area contributed by atoms with Crippen LogP contribution in [0.2, 0.25) is 0 Å². The number of sulfonamides is 1. The minimum Gasteiger partial charge on any atom is -0.241 e. The molecular weight excluding hydrogens is 388 g/mol.